The van der Waals surface area contributed by atoms with Crippen LogP contribution in [-0.2, 0) is 0 Å². The minimum Gasteiger partial charge on any atom is -0.444 e. The van der Waals surface area contributed by atoms with Crippen LogP contribution in [0.15, 0.2) is 39.4 Å². The number of halogens is 1. The summed E-state index contributed by atoms with van der Waals surface area (Å²) in [5.74, 6) is -0.0331. The minimum atomic E-state index is -0.322. The van der Waals surface area contributed by atoms with Gasteiger partial charge in [-0.15, -0.1) is 0 Å². The molecule has 0 aliphatic carbocycles. The van der Waals surface area contributed by atoms with E-state index in [1.165, 1.54) is 6.42 Å². The Bertz CT molecular complexity index is 800. The first kappa shape index (κ1) is 17.7. The molecule has 1 aliphatic rings. The van der Waals surface area contributed by atoms with Crippen molar-refractivity contribution in [3.63, 3.8) is 0 Å². The number of hydrogen-bond acceptors (Lipinski definition) is 3. The predicted molar refractivity (Wildman–Crippen MR) is 99.9 cm³/mol. The molecule has 1 fully saturated rings. The molecule has 2 amide bonds. The largest absolute Gasteiger partial charge is 0.444 e. The number of hydrogen-bond donors (Lipinski definition) is 1. The van der Waals surface area contributed by atoms with Gasteiger partial charge < -0.3 is 14.6 Å². The number of amides is 2. The number of benzene rings is 1. The number of anilines is 1. The van der Waals surface area contributed by atoms with Gasteiger partial charge in [-0.1, -0.05) is 0 Å². The van der Waals surface area contributed by atoms with Gasteiger partial charge in [-0.05, 0) is 84.9 Å². The lowest BCUT2D eigenvalue weighted by atomic mass is 10.0. The van der Waals surface area contributed by atoms with Crippen LogP contribution < -0.4 is 5.32 Å². The van der Waals surface area contributed by atoms with Crippen LogP contribution in [0.5, 0.6) is 0 Å². The number of carbonyl (C=O) groups excluding carboxylic acids is 2. The number of likely N-dealkylation sites (tertiary alicyclic amines) is 1. The van der Waals surface area contributed by atoms with Crippen LogP contribution in [0.4, 0.5) is 5.69 Å². The Morgan fingerprint density at radius 3 is 2.68 bits per heavy atom. The van der Waals surface area contributed by atoms with Crippen molar-refractivity contribution in [3.8, 4) is 0 Å². The zero-order valence-electron chi connectivity index (χ0n) is 14.3. The fourth-order valence-corrected chi connectivity index (χ4v) is 3.43. The number of piperidine rings is 1. The van der Waals surface area contributed by atoms with Crippen LogP contribution in [-0.4, -0.2) is 29.3 Å². The standard InChI is InChI=1S/C19H21BrN2O3/c1-12-11-14(19(24)22-10-4-3-5-13(22)2)6-7-15(12)21-18(23)16-8-9-17(20)25-16/h6-9,11,13H,3-5,10H2,1-2H3,(H,21,23). The molecule has 2 aromatic rings. The lowest BCUT2D eigenvalue weighted by molar-refractivity contribution is 0.0635. The summed E-state index contributed by atoms with van der Waals surface area (Å²) in [6, 6.07) is 8.92. The number of nitrogens with zero attached hydrogens (tertiary/aromatic N) is 1. The molecule has 0 bridgehead atoms. The molecule has 6 heteroatoms. The third kappa shape index (κ3) is 3.95. The SMILES string of the molecule is Cc1cc(C(=O)N2CCCCC2C)ccc1NC(=O)c1ccc(Br)o1. The van der Waals surface area contributed by atoms with E-state index in [9.17, 15) is 9.59 Å². The second kappa shape index (κ2) is 7.44. The van der Waals surface area contributed by atoms with E-state index in [0.29, 0.717) is 15.9 Å². The summed E-state index contributed by atoms with van der Waals surface area (Å²) in [5.41, 5.74) is 2.17. The fraction of sp³-hybridized carbons (Fsp3) is 0.368. The first-order chi connectivity index (χ1) is 12.0. The quantitative estimate of drug-likeness (QED) is 0.811. The fourth-order valence-electron chi connectivity index (χ4n) is 3.12. The van der Waals surface area contributed by atoms with Crippen molar-refractivity contribution in [3.05, 3.63) is 51.9 Å². The molecule has 1 saturated heterocycles. The van der Waals surface area contributed by atoms with E-state index in [-0.39, 0.29) is 23.6 Å². The van der Waals surface area contributed by atoms with Crippen molar-refractivity contribution in [1.82, 2.24) is 4.90 Å². The molecule has 132 valence electrons. The van der Waals surface area contributed by atoms with Crippen molar-refractivity contribution >= 4 is 33.4 Å². The predicted octanol–water partition coefficient (Wildman–Crippen LogP) is 4.62. The van der Waals surface area contributed by atoms with Crippen LogP contribution in [0, 0.1) is 6.92 Å². The summed E-state index contributed by atoms with van der Waals surface area (Å²) in [7, 11) is 0. The van der Waals surface area contributed by atoms with Gasteiger partial charge in [0.25, 0.3) is 11.8 Å². The molecule has 0 spiro atoms. The van der Waals surface area contributed by atoms with Crippen molar-refractivity contribution < 1.29 is 14.0 Å². The van der Waals surface area contributed by atoms with E-state index in [4.69, 9.17) is 4.42 Å². The van der Waals surface area contributed by atoms with Gasteiger partial charge >= 0.3 is 0 Å². The van der Waals surface area contributed by atoms with Crippen molar-refractivity contribution in [2.24, 2.45) is 0 Å². The van der Waals surface area contributed by atoms with Crippen molar-refractivity contribution in [1.29, 1.82) is 0 Å². The Hall–Kier alpha value is -2.08. The maximum Gasteiger partial charge on any atom is 0.291 e. The van der Waals surface area contributed by atoms with E-state index in [2.05, 4.69) is 28.2 Å². The molecular formula is C19H21BrN2O3. The summed E-state index contributed by atoms with van der Waals surface area (Å²) >= 11 is 3.18. The molecule has 1 aromatic carbocycles. The van der Waals surface area contributed by atoms with E-state index in [1.54, 1.807) is 24.3 Å². The third-order valence-corrected chi connectivity index (χ3v) is 5.01. The Morgan fingerprint density at radius 1 is 1.24 bits per heavy atom. The second-order valence-electron chi connectivity index (χ2n) is 6.43. The van der Waals surface area contributed by atoms with Gasteiger partial charge in [0.2, 0.25) is 0 Å². The number of nitrogens with one attached hydrogen (secondary N) is 1. The molecule has 1 aliphatic heterocycles. The molecule has 1 atom stereocenters. The van der Waals surface area contributed by atoms with Crippen molar-refractivity contribution in [2.45, 2.75) is 39.2 Å². The number of rotatable bonds is 3. The zero-order chi connectivity index (χ0) is 18.0. The highest BCUT2D eigenvalue weighted by molar-refractivity contribution is 9.10. The summed E-state index contributed by atoms with van der Waals surface area (Å²) in [5, 5.41) is 2.82. The van der Waals surface area contributed by atoms with E-state index in [0.717, 1.165) is 24.9 Å². The first-order valence-corrected chi connectivity index (χ1v) is 9.23. The number of carbonyl (C=O) groups is 2. The van der Waals surface area contributed by atoms with Crippen LogP contribution in [0.25, 0.3) is 0 Å². The first-order valence-electron chi connectivity index (χ1n) is 8.44. The smallest absolute Gasteiger partial charge is 0.291 e. The normalized spacial score (nSPS) is 17.4. The molecule has 2 heterocycles. The molecule has 1 aromatic heterocycles. The summed E-state index contributed by atoms with van der Waals surface area (Å²) in [6.45, 7) is 4.79. The summed E-state index contributed by atoms with van der Waals surface area (Å²) < 4.78 is 5.76. The van der Waals surface area contributed by atoms with Gasteiger partial charge in [0.1, 0.15) is 0 Å². The van der Waals surface area contributed by atoms with Gasteiger partial charge in [-0.2, -0.15) is 0 Å². The molecule has 1 unspecified atom stereocenters. The zero-order valence-corrected chi connectivity index (χ0v) is 15.9. The van der Waals surface area contributed by atoms with Gasteiger partial charge in [0.05, 0.1) is 0 Å². The summed E-state index contributed by atoms with van der Waals surface area (Å²) in [6.07, 6.45) is 3.29. The maximum absolute atomic E-state index is 12.7. The van der Waals surface area contributed by atoms with Gasteiger partial charge in [0.15, 0.2) is 10.4 Å². The molecule has 1 N–H and O–H groups in total. The number of aryl methyl sites for hydroxylation is 1. The van der Waals surface area contributed by atoms with Gasteiger partial charge in [-0.3, -0.25) is 9.59 Å². The van der Waals surface area contributed by atoms with Crippen LogP contribution in [0.2, 0.25) is 0 Å². The molecular weight excluding hydrogens is 384 g/mol. The van der Waals surface area contributed by atoms with Crippen LogP contribution in [0.1, 0.15) is 52.7 Å². The Labute approximate surface area is 155 Å². The monoisotopic (exact) mass is 404 g/mol. The maximum atomic E-state index is 12.7. The van der Waals surface area contributed by atoms with Crippen LogP contribution >= 0.6 is 15.9 Å². The highest BCUT2D eigenvalue weighted by Gasteiger charge is 2.24. The molecule has 0 saturated carbocycles. The minimum absolute atomic E-state index is 0.0585. The summed E-state index contributed by atoms with van der Waals surface area (Å²) in [4.78, 5) is 26.9. The van der Waals surface area contributed by atoms with Gasteiger partial charge in [-0.25, -0.2) is 0 Å². The van der Waals surface area contributed by atoms with Crippen LogP contribution in [0.3, 0.4) is 0 Å². The average molecular weight is 405 g/mol. The Morgan fingerprint density at radius 2 is 2.04 bits per heavy atom. The Kier molecular flexibility index (Phi) is 5.27. The van der Waals surface area contributed by atoms with E-state index in [1.807, 2.05) is 17.9 Å². The highest BCUT2D eigenvalue weighted by Crippen LogP contribution is 2.23. The molecule has 0 radical (unpaired) electrons. The highest BCUT2D eigenvalue weighted by atomic mass is 79.9. The lowest BCUT2D eigenvalue weighted by Crippen LogP contribution is -2.42. The van der Waals surface area contributed by atoms with Gasteiger partial charge in [0, 0.05) is 23.8 Å². The van der Waals surface area contributed by atoms with E-state index >= 15 is 0 Å². The second-order valence-corrected chi connectivity index (χ2v) is 7.21. The molecule has 3 rings (SSSR count). The topological polar surface area (TPSA) is 62.6 Å². The molecule has 5 nitrogen and oxygen atoms in total. The Balaban J connectivity index is 1.74. The lowest BCUT2D eigenvalue weighted by Gasteiger charge is -2.33. The van der Waals surface area contributed by atoms with Crippen molar-refractivity contribution in [2.75, 3.05) is 11.9 Å². The number of furan rings is 1. The third-order valence-electron chi connectivity index (χ3n) is 4.58. The average Bonchev–Trinajstić information content (AvgIpc) is 3.03. The van der Waals surface area contributed by atoms with E-state index < -0.39 is 0 Å². The molecule has 25 heavy (non-hydrogen) atoms.